The zero-order valence-corrected chi connectivity index (χ0v) is 18.2. The van der Waals surface area contributed by atoms with Crippen LogP contribution in [0.5, 0.6) is 11.5 Å². The van der Waals surface area contributed by atoms with Crippen molar-refractivity contribution in [2.45, 2.75) is 45.1 Å². The molecule has 2 atom stereocenters. The average molecular weight is 430 g/mol. The van der Waals surface area contributed by atoms with Crippen LogP contribution in [0.25, 0.3) is 21.8 Å². The molecule has 2 aromatic heterocycles. The maximum absolute atomic E-state index is 13.8. The van der Waals surface area contributed by atoms with Gasteiger partial charge in [0.2, 0.25) is 0 Å². The molecule has 5 heteroatoms. The van der Waals surface area contributed by atoms with Gasteiger partial charge in [0.15, 0.2) is 11.5 Å². The first-order valence-corrected chi connectivity index (χ1v) is 11.5. The van der Waals surface area contributed by atoms with E-state index in [1.54, 1.807) is 6.07 Å². The smallest absolute Gasteiger partial charge is 0.171 e. The molecule has 1 radical (unpaired) electrons. The maximum atomic E-state index is 13.8. The molecule has 32 heavy (non-hydrogen) atoms. The number of aryl methyl sites for hydroxylation is 2. The Morgan fingerprint density at radius 3 is 3.03 bits per heavy atom. The summed E-state index contributed by atoms with van der Waals surface area (Å²) in [6.07, 6.45) is 7.46. The highest BCUT2D eigenvalue weighted by Crippen LogP contribution is 2.39. The predicted molar refractivity (Wildman–Crippen MR) is 124 cm³/mol. The van der Waals surface area contributed by atoms with Crippen molar-refractivity contribution in [2.75, 3.05) is 6.61 Å². The van der Waals surface area contributed by atoms with Crippen molar-refractivity contribution in [3.63, 3.8) is 0 Å². The van der Waals surface area contributed by atoms with Gasteiger partial charge in [-0.25, -0.2) is 4.39 Å². The topological polar surface area (TPSA) is 47.1 Å². The summed E-state index contributed by atoms with van der Waals surface area (Å²) >= 11 is 0. The summed E-state index contributed by atoms with van der Waals surface area (Å²) < 4.78 is 26.1. The Morgan fingerprint density at radius 2 is 2.09 bits per heavy atom. The molecule has 0 saturated heterocycles. The number of pyridine rings is 1. The molecule has 1 N–H and O–H groups in total. The van der Waals surface area contributed by atoms with Crippen LogP contribution < -0.4 is 9.47 Å². The number of hydrogen-bond acceptors (Lipinski definition) is 3. The summed E-state index contributed by atoms with van der Waals surface area (Å²) in [5.74, 6) is 2.03. The molecule has 0 amide bonds. The molecule has 4 nitrogen and oxygen atoms in total. The highest BCUT2D eigenvalue weighted by atomic mass is 19.1. The molecule has 2 aromatic carbocycles. The van der Waals surface area contributed by atoms with Crippen LogP contribution in [-0.2, 0) is 12.8 Å². The molecular formula is C27H26FN2O2. The lowest BCUT2D eigenvalue weighted by Crippen LogP contribution is -2.30. The molecule has 4 aromatic rings. The van der Waals surface area contributed by atoms with E-state index in [1.807, 2.05) is 31.2 Å². The van der Waals surface area contributed by atoms with Crippen molar-refractivity contribution < 1.29 is 13.9 Å². The van der Waals surface area contributed by atoms with Gasteiger partial charge in [0.25, 0.3) is 0 Å². The molecular weight excluding hydrogens is 403 g/mol. The first-order chi connectivity index (χ1) is 15.6. The van der Waals surface area contributed by atoms with E-state index < -0.39 is 0 Å². The quantitative estimate of drug-likeness (QED) is 0.427. The minimum atomic E-state index is -0.164. The highest BCUT2D eigenvalue weighted by molar-refractivity contribution is 5.88. The fraction of sp³-hybridized carbons (Fsp3) is 0.333. The standard InChI is InChI=1S/C27H26FN2O2/c1-16-5-8-20-23(29-16)11-12-26-27(20)32-19(15-31-26)4-2-3-17-6-9-24-21(13-17)22-14-18(28)7-10-25(22)30-24/h4-5,7-8,10-12,14,17,19,30H,2-3,6,9,13,15H2,1H3/t17-,19+/m1/s1. The molecule has 1 aliphatic heterocycles. The Balaban J connectivity index is 1.10. The SMILES string of the molecule is Cc1ccc2c3c(ccc2n1)OC[C@H]([CH]CC[C@@H]1CCc2[nH]c4ccc(F)cc4c2C1)O3. The Bertz CT molecular complexity index is 1310. The summed E-state index contributed by atoms with van der Waals surface area (Å²) in [7, 11) is 0. The van der Waals surface area contributed by atoms with Crippen LogP contribution in [0.2, 0.25) is 0 Å². The van der Waals surface area contributed by atoms with Gasteiger partial charge in [0, 0.05) is 34.1 Å². The summed E-state index contributed by atoms with van der Waals surface area (Å²) in [5.41, 5.74) is 5.55. The normalized spacial score (nSPS) is 19.9. The molecule has 1 aliphatic carbocycles. The van der Waals surface area contributed by atoms with Gasteiger partial charge >= 0.3 is 0 Å². The van der Waals surface area contributed by atoms with Gasteiger partial charge in [0.1, 0.15) is 18.5 Å². The van der Waals surface area contributed by atoms with Crippen molar-refractivity contribution in [2.24, 2.45) is 5.92 Å². The number of hydrogen-bond donors (Lipinski definition) is 1. The monoisotopic (exact) mass is 429 g/mol. The van der Waals surface area contributed by atoms with E-state index in [-0.39, 0.29) is 11.9 Å². The molecule has 0 unspecified atom stereocenters. The van der Waals surface area contributed by atoms with E-state index in [1.165, 1.54) is 17.3 Å². The van der Waals surface area contributed by atoms with Crippen LogP contribution >= 0.6 is 0 Å². The first-order valence-electron chi connectivity index (χ1n) is 11.5. The van der Waals surface area contributed by atoms with Crippen LogP contribution in [0.1, 0.15) is 36.2 Å². The lowest BCUT2D eigenvalue weighted by atomic mass is 9.83. The molecule has 0 bridgehead atoms. The lowest BCUT2D eigenvalue weighted by molar-refractivity contribution is 0.111. The van der Waals surface area contributed by atoms with Crippen molar-refractivity contribution in [1.82, 2.24) is 9.97 Å². The van der Waals surface area contributed by atoms with Crippen LogP contribution in [0.15, 0.2) is 42.5 Å². The molecule has 0 spiro atoms. The Morgan fingerprint density at radius 1 is 1.16 bits per heavy atom. The Hall–Kier alpha value is -3.08. The highest BCUT2D eigenvalue weighted by Gasteiger charge is 2.26. The first kappa shape index (κ1) is 19.6. The van der Waals surface area contributed by atoms with E-state index >= 15 is 0 Å². The second kappa shape index (κ2) is 7.80. The number of aromatic nitrogens is 2. The molecule has 6 rings (SSSR count). The molecule has 163 valence electrons. The average Bonchev–Trinajstić information content (AvgIpc) is 3.16. The van der Waals surface area contributed by atoms with Gasteiger partial charge < -0.3 is 14.5 Å². The lowest BCUT2D eigenvalue weighted by Gasteiger charge is -2.28. The maximum Gasteiger partial charge on any atom is 0.171 e. The number of nitrogens with zero attached hydrogens (tertiary/aromatic N) is 1. The minimum absolute atomic E-state index is 0.0595. The molecule has 2 aliphatic rings. The number of rotatable bonds is 4. The number of nitrogens with one attached hydrogen (secondary N) is 1. The van der Waals surface area contributed by atoms with E-state index in [2.05, 4.69) is 22.5 Å². The van der Waals surface area contributed by atoms with Crippen molar-refractivity contribution in [3.8, 4) is 11.5 Å². The van der Waals surface area contributed by atoms with Crippen molar-refractivity contribution >= 4 is 21.8 Å². The summed E-state index contributed by atoms with van der Waals surface area (Å²) in [4.78, 5) is 8.08. The largest absolute Gasteiger partial charge is 0.486 e. The third-order valence-electron chi connectivity index (χ3n) is 6.85. The minimum Gasteiger partial charge on any atom is -0.486 e. The van der Waals surface area contributed by atoms with Gasteiger partial charge in [0.05, 0.1) is 5.52 Å². The van der Waals surface area contributed by atoms with E-state index in [4.69, 9.17) is 9.47 Å². The summed E-state index contributed by atoms with van der Waals surface area (Å²) in [5, 5.41) is 2.04. The van der Waals surface area contributed by atoms with Crippen LogP contribution in [-0.4, -0.2) is 22.7 Å². The molecule has 0 saturated carbocycles. The number of benzene rings is 2. The molecule has 3 heterocycles. The van der Waals surface area contributed by atoms with Crippen LogP contribution in [0.3, 0.4) is 0 Å². The third kappa shape index (κ3) is 3.50. The van der Waals surface area contributed by atoms with E-state index in [0.717, 1.165) is 71.1 Å². The number of fused-ring (bicyclic) bond motifs is 6. The molecule has 0 fully saturated rings. The fourth-order valence-corrected chi connectivity index (χ4v) is 5.19. The summed E-state index contributed by atoms with van der Waals surface area (Å²) in [6, 6.07) is 13.1. The van der Waals surface area contributed by atoms with Crippen LogP contribution in [0.4, 0.5) is 4.39 Å². The fourth-order valence-electron chi connectivity index (χ4n) is 5.19. The second-order valence-electron chi connectivity index (χ2n) is 9.07. The predicted octanol–water partition coefficient (Wildman–Crippen LogP) is 6.09. The van der Waals surface area contributed by atoms with Gasteiger partial charge in [-0.05, 0) is 93.0 Å². The van der Waals surface area contributed by atoms with Crippen LogP contribution in [0, 0.1) is 25.1 Å². The van der Waals surface area contributed by atoms with Gasteiger partial charge in [-0.3, -0.25) is 4.98 Å². The van der Waals surface area contributed by atoms with Gasteiger partial charge in [-0.2, -0.15) is 0 Å². The van der Waals surface area contributed by atoms with E-state index in [0.29, 0.717) is 12.5 Å². The third-order valence-corrected chi connectivity index (χ3v) is 6.85. The second-order valence-corrected chi connectivity index (χ2v) is 9.07. The van der Waals surface area contributed by atoms with Crippen molar-refractivity contribution in [1.29, 1.82) is 0 Å². The van der Waals surface area contributed by atoms with Gasteiger partial charge in [-0.1, -0.05) is 0 Å². The number of H-pyrrole nitrogens is 1. The van der Waals surface area contributed by atoms with Crippen molar-refractivity contribution in [3.05, 3.63) is 71.7 Å². The zero-order chi connectivity index (χ0) is 21.7. The Kier molecular flexibility index (Phi) is 4.78. The number of aromatic amines is 1. The number of halogens is 1. The summed E-state index contributed by atoms with van der Waals surface area (Å²) in [6.45, 7) is 2.53. The number of ether oxygens (including phenoxy) is 2. The zero-order valence-electron chi connectivity index (χ0n) is 18.2. The van der Waals surface area contributed by atoms with E-state index in [9.17, 15) is 4.39 Å². The van der Waals surface area contributed by atoms with Gasteiger partial charge in [-0.15, -0.1) is 0 Å². The Labute approximate surface area is 186 Å².